The predicted molar refractivity (Wildman–Crippen MR) is 128 cm³/mol. The lowest BCUT2D eigenvalue weighted by molar-refractivity contribution is -0.120. The van der Waals surface area contributed by atoms with E-state index in [-0.39, 0.29) is 12.5 Å². The zero-order chi connectivity index (χ0) is 22.9. The Labute approximate surface area is 201 Å². The first-order valence-corrected chi connectivity index (χ1v) is 10.9. The maximum atomic E-state index is 12.3. The van der Waals surface area contributed by atoms with Crippen LogP contribution in [0.4, 0.5) is 0 Å². The minimum atomic E-state index is -0.491. The average molecular weight is 559 g/mol. The number of ether oxygens (including phenoxy) is 1. The Morgan fingerprint density at radius 1 is 0.938 bits per heavy atom. The molecule has 3 aromatic carbocycles. The fraction of sp³-hybridized carbons (Fsp3) is 0.0435. The van der Waals surface area contributed by atoms with Gasteiger partial charge in [0.15, 0.2) is 0 Å². The quantitative estimate of drug-likeness (QED) is 0.195. The summed E-state index contributed by atoms with van der Waals surface area (Å²) in [6.45, 7) is -0.234. The molecule has 0 fully saturated rings. The van der Waals surface area contributed by atoms with Gasteiger partial charge in [-0.15, -0.1) is 0 Å². The normalized spacial score (nSPS) is 10.6. The third-order valence-electron chi connectivity index (χ3n) is 4.06. The Balaban J connectivity index is 1.51. The number of nitrogens with zero attached hydrogens (tertiary/aromatic N) is 1. The number of carbonyl (C=O) groups excluding carboxylic acids is 3. The van der Waals surface area contributed by atoms with Crippen molar-refractivity contribution in [3.8, 4) is 5.75 Å². The molecule has 0 spiro atoms. The largest absolute Gasteiger partial charge is 0.423 e. The summed E-state index contributed by atoms with van der Waals surface area (Å²) in [5.74, 6) is -1.02. The molecule has 0 bridgehead atoms. The number of hydrogen-bond acceptors (Lipinski definition) is 5. The number of rotatable bonds is 7. The monoisotopic (exact) mass is 557 g/mol. The Morgan fingerprint density at radius 2 is 1.72 bits per heavy atom. The van der Waals surface area contributed by atoms with Crippen LogP contribution in [0.15, 0.2) is 86.8 Å². The van der Waals surface area contributed by atoms with Gasteiger partial charge in [0.1, 0.15) is 5.75 Å². The van der Waals surface area contributed by atoms with Crippen molar-refractivity contribution >= 4 is 55.9 Å². The molecule has 3 aromatic rings. The van der Waals surface area contributed by atoms with Crippen LogP contribution in [0.2, 0.25) is 0 Å². The maximum absolute atomic E-state index is 12.3. The summed E-state index contributed by atoms with van der Waals surface area (Å²) in [4.78, 5) is 36.3. The summed E-state index contributed by atoms with van der Waals surface area (Å²) >= 11 is 6.61. The number of hydrogen-bond donors (Lipinski definition) is 2. The molecule has 0 radical (unpaired) electrons. The van der Waals surface area contributed by atoms with Gasteiger partial charge in [0.2, 0.25) is 0 Å². The second-order valence-corrected chi connectivity index (χ2v) is 8.20. The van der Waals surface area contributed by atoms with Gasteiger partial charge in [0.25, 0.3) is 11.8 Å². The van der Waals surface area contributed by atoms with Gasteiger partial charge in [0.05, 0.1) is 23.9 Å². The molecular formula is C23H17Br2N3O4. The Bertz CT molecular complexity index is 1180. The van der Waals surface area contributed by atoms with E-state index in [2.05, 4.69) is 47.7 Å². The molecular weight excluding hydrogens is 542 g/mol. The van der Waals surface area contributed by atoms with Crippen molar-refractivity contribution in [1.29, 1.82) is 0 Å². The lowest BCUT2D eigenvalue weighted by Crippen LogP contribution is -2.35. The van der Waals surface area contributed by atoms with Gasteiger partial charge >= 0.3 is 5.97 Å². The van der Waals surface area contributed by atoms with Gasteiger partial charge in [-0.3, -0.25) is 9.59 Å². The fourth-order valence-corrected chi connectivity index (χ4v) is 3.42. The Hall–Kier alpha value is -3.30. The fourth-order valence-electron chi connectivity index (χ4n) is 2.56. The van der Waals surface area contributed by atoms with Crippen LogP contribution in [0.3, 0.4) is 0 Å². The van der Waals surface area contributed by atoms with E-state index < -0.39 is 11.9 Å². The third kappa shape index (κ3) is 6.86. The van der Waals surface area contributed by atoms with Crippen LogP contribution in [-0.4, -0.2) is 30.5 Å². The second-order valence-electron chi connectivity index (χ2n) is 6.43. The summed E-state index contributed by atoms with van der Waals surface area (Å²) in [5.41, 5.74) is 3.79. The van der Waals surface area contributed by atoms with Gasteiger partial charge in [0, 0.05) is 8.95 Å². The third-order valence-corrected chi connectivity index (χ3v) is 5.24. The average Bonchev–Trinajstić information content (AvgIpc) is 2.78. The highest BCUT2D eigenvalue weighted by Gasteiger charge is 2.11. The second kappa shape index (κ2) is 11.4. The molecule has 0 aliphatic heterocycles. The van der Waals surface area contributed by atoms with E-state index in [0.717, 1.165) is 4.47 Å². The van der Waals surface area contributed by atoms with E-state index in [1.807, 2.05) is 6.07 Å². The van der Waals surface area contributed by atoms with E-state index in [0.29, 0.717) is 26.9 Å². The van der Waals surface area contributed by atoms with Crippen molar-refractivity contribution < 1.29 is 19.1 Å². The van der Waals surface area contributed by atoms with Crippen LogP contribution in [0, 0.1) is 0 Å². The molecule has 2 amide bonds. The first kappa shape index (κ1) is 23.4. The zero-order valence-corrected chi connectivity index (χ0v) is 19.7. The Kier molecular flexibility index (Phi) is 8.29. The number of nitrogens with one attached hydrogen (secondary N) is 2. The topological polar surface area (TPSA) is 96.9 Å². The van der Waals surface area contributed by atoms with Crippen LogP contribution in [0.5, 0.6) is 5.75 Å². The smallest absolute Gasteiger partial charge is 0.343 e. The highest BCUT2D eigenvalue weighted by Crippen LogP contribution is 2.17. The molecule has 2 N–H and O–H groups in total. The number of carbonyl (C=O) groups is 3. The van der Waals surface area contributed by atoms with Crippen LogP contribution >= 0.6 is 31.9 Å². The molecule has 0 atom stereocenters. The lowest BCUT2D eigenvalue weighted by Gasteiger charge is -2.06. The molecule has 0 aliphatic rings. The number of amides is 2. The maximum Gasteiger partial charge on any atom is 0.343 e. The summed E-state index contributed by atoms with van der Waals surface area (Å²) in [6.07, 6.45) is 1.41. The summed E-state index contributed by atoms with van der Waals surface area (Å²) in [6, 6.07) is 20.5. The first-order chi connectivity index (χ1) is 15.4. The molecule has 7 nitrogen and oxygen atoms in total. The van der Waals surface area contributed by atoms with Gasteiger partial charge in [-0.2, -0.15) is 5.10 Å². The van der Waals surface area contributed by atoms with Crippen molar-refractivity contribution in [1.82, 2.24) is 10.7 Å². The van der Waals surface area contributed by atoms with E-state index in [4.69, 9.17) is 4.74 Å². The molecule has 0 saturated heterocycles. The predicted octanol–water partition coefficient (Wildman–Crippen LogP) is 4.31. The standard InChI is InChI=1S/C23H17Br2N3O4/c24-17-7-4-6-16(12-17)23(31)32-18-8-3-5-15(11-18)13-27-28-21(29)14-26-22(30)19-9-1-2-10-20(19)25/h1-13H,14H2,(H,26,30)(H,28,29). The van der Waals surface area contributed by atoms with Crippen molar-refractivity contribution in [3.63, 3.8) is 0 Å². The van der Waals surface area contributed by atoms with Crippen molar-refractivity contribution in [2.45, 2.75) is 0 Å². The van der Waals surface area contributed by atoms with E-state index >= 15 is 0 Å². The van der Waals surface area contributed by atoms with Crippen LogP contribution < -0.4 is 15.5 Å². The molecule has 162 valence electrons. The highest BCUT2D eigenvalue weighted by atomic mass is 79.9. The number of hydrazone groups is 1. The number of esters is 1. The van der Waals surface area contributed by atoms with E-state index in [1.165, 1.54) is 6.21 Å². The molecule has 3 rings (SSSR count). The molecule has 0 heterocycles. The Morgan fingerprint density at radius 3 is 2.50 bits per heavy atom. The molecule has 0 aromatic heterocycles. The van der Waals surface area contributed by atoms with Gasteiger partial charge < -0.3 is 10.1 Å². The van der Waals surface area contributed by atoms with Crippen molar-refractivity contribution in [2.24, 2.45) is 5.10 Å². The minimum Gasteiger partial charge on any atom is -0.423 e. The lowest BCUT2D eigenvalue weighted by atomic mass is 10.2. The van der Waals surface area contributed by atoms with Crippen LogP contribution in [-0.2, 0) is 4.79 Å². The van der Waals surface area contributed by atoms with E-state index in [9.17, 15) is 14.4 Å². The molecule has 0 unspecified atom stereocenters. The number of benzene rings is 3. The highest BCUT2D eigenvalue weighted by molar-refractivity contribution is 9.10. The van der Waals surface area contributed by atoms with Crippen molar-refractivity contribution in [2.75, 3.05) is 6.54 Å². The molecule has 0 aliphatic carbocycles. The van der Waals surface area contributed by atoms with Gasteiger partial charge in [-0.1, -0.05) is 46.3 Å². The van der Waals surface area contributed by atoms with Crippen LogP contribution in [0.1, 0.15) is 26.3 Å². The summed E-state index contributed by atoms with van der Waals surface area (Å²) in [7, 11) is 0. The van der Waals surface area contributed by atoms with Crippen molar-refractivity contribution in [3.05, 3.63) is 98.4 Å². The number of halogens is 2. The van der Waals surface area contributed by atoms with Gasteiger partial charge in [-0.05, 0) is 64.0 Å². The molecule has 32 heavy (non-hydrogen) atoms. The van der Waals surface area contributed by atoms with Gasteiger partial charge in [-0.25, -0.2) is 10.2 Å². The SMILES string of the molecule is O=C(CNC(=O)c1ccccc1Br)NN=Cc1cccc(OC(=O)c2cccc(Br)c2)c1. The summed E-state index contributed by atoms with van der Waals surface area (Å²) < 4.78 is 6.79. The van der Waals surface area contributed by atoms with E-state index in [1.54, 1.807) is 66.7 Å². The molecule has 9 heteroatoms. The zero-order valence-electron chi connectivity index (χ0n) is 16.5. The summed E-state index contributed by atoms with van der Waals surface area (Å²) in [5, 5.41) is 6.39. The van der Waals surface area contributed by atoms with Crippen LogP contribution in [0.25, 0.3) is 0 Å². The minimum absolute atomic E-state index is 0.234. The molecule has 0 saturated carbocycles. The first-order valence-electron chi connectivity index (χ1n) is 9.35.